The second kappa shape index (κ2) is 5.15. The van der Waals surface area contributed by atoms with Crippen LogP contribution < -0.4 is 0 Å². The van der Waals surface area contributed by atoms with Crippen LogP contribution in [0.2, 0.25) is 0 Å². The molecule has 0 spiro atoms. The van der Waals surface area contributed by atoms with Crippen molar-refractivity contribution in [3.05, 3.63) is 0 Å². The Morgan fingerprint density at radius 1 is 1.44 bits per heavy atom. The van der Waals surface area contributed by atoms with Gasteiger partial charge in [0.15, 0.2) is 0 Å². The van der Waals surface area contributed by atoms with Crippen LogP contribution in [0.4, 0.5) is 0 Å². The molecule has 0 aromatic heterocycles. The molecule has 0 bridgehead atoms. The normalized spacial score (nSPS) is 18.4. The van der Waals surface area contributed by atoms with E-state index in [1.54, 1.807) is 7.11 Å². The van der Waals surface area contributed by atoms with Crippen LogP contribution in [0.1, 0.15) is 39.5 Å². The molecule has 0 saturated heterocycles. The Hall–Kier alpha value is -0.610. The van der Waals surface area contributed by atoms with Crippen LogP contribution in [0.5, 0.6) is 0 Å². The van der Waals surface area contributed by atoms with Crippen molar-refractivity contribution >= 4 is 5.97 Å². The first kappa shape index (κ1) is 13.5. The first-order chi connectivity index (χ1) is 7.39. The molecule has 16 heavy (non-hydrogen) atoms. The van der Waals surface area contributed by atoms with Gasteiger partial charge in [-0.05, 0) is 33.1 Å². The molecule has 0 aromatic carbocycles. The predicted octanol–water partition coefficient (Wildman–Crippen LogP) is 2.07. The van der Waals surface area contributed by atoms with Crippen molar-refractivity contribution in [2.24, 2.45) is 5.41 Å². The van der Waals surface area contributed by atoms with Crippen molar-refractivity contribution in [2.75, 3.05) is 20.3 Å². The minimum absolute atomic E-state index is 0.0664. The summed E-state index contributed by atoms with van der Waals surface area (Å²) in [6.45, 7) is 5.22. The van der Waals surface area contributed by atoms with E-state index in [1.165, 1.54) is 0 Å². The average molecular weight is 230 g/mol. The van der Waals surface area contributed by atoms with E-state index in [4.69, 9.17) is 14.6 Å². The Morgan fingerprint density at radius 3 is 2.50 bits per heavy atom. The summed E-state index contributed by atoms with van der Waals surface area (Å²) in [6.07, 6.45) is 3.02. The van der Waals surface area contributed by atoms with Gasteiger partial charge in [-0.25, -0.2) is 0 Å². The molecule has 1 fully saturated rings. The van der Waals surface area contributed by atoms with E-state index in [1.807, 2.05) is 13.8 Å². The van der Waals surface area contributed by atoms with E-state index >= 15 is 0 Å². The molecule has 0 radical (unpaired) electrons. The third-order valence-electron chi connectivity index (χ3n) is 3.29. The van der Waals surface area contributed by atoms with Crippen LogP contribution >= 0.6 is 0 Å². The molecular weight excluding hydrogens is 208 g/mol. The number of rotatable bonds is 8. The van der Waals surface area contributed by atoms with Gasteiger partial charge in [0, 0.05) is 19.1 Å². The Bertz CT molecular complexity index is 243. The summed E-state index contributed by atoms with van der Waals surface area (Å²) < 4.78 is 10.8. The van der Waals surface area contributed by atoms with Gasteiger partial charge in [0.25, 0.3) is 0 Å². The number of aliphatic carboxylic acids is 1. The second-order valence-electron chi connectivity index (χ2n) is 5.34. The molecule has 94 valence electrons. The summed E-state index contributed by atoms with van der Waals surface area (Å²) in [5.74, 6) is -0.724. The lowest BCUT2D eigenvalue weighted by Gasteiger charge is -2.23. The Labute approximate surface area is 96.9 Å². The van der Waals surface area contributed by atoms with Crippen LogP contribution in [0.15, 0.2) is 0 Å². The maximum Gasteiger partial charge on any atom is 0.303 e. The zero-order chi connectivity index (χ0) is 12.2. The van der Waals surface area contributed by atoms with Crippen molar-refractivity contribution in [2.45, 2.75) is 45.1 Å². The van der Waals surface area contributed by atoms with Crippen LogP contribution in [-0.4, -0.2) is 37.0 Å². The fraction of sp³-hybridized carbons (Fsp3) is 0.917. The largest absolute Gasteiger partial charge is 0.481 e. The zero-order valence-electron chi connectivity index (χ0n) is 10.4. The SMILES string of the molecule is COC(C)(C)CCOCC1(CC(=O)O)CC1. The van der Waals surface area contributed by atoms with Crippen molar-refractivity contribution in [1.82, 2.24) is 0 Å². The first-order valence-electron chi connectivity index (χ1n) is 5.74. The summed E-state index contributed by atoms with van der Waals surface area (Å²) in [4.78, 5) is 10.6. The molecule has 0 unspecified atom stereocenters. The molecule has 0 atom stereocenters. The van der Waals surface area contributed by atoms with Crippen LogP contribution in [0.25, 0.3) is 0 Å². The lowest BCUT2D eigenvalue weighted by atomic mass is 10.0. The summed E-state index contributed by atoms with van der Waals surface area (Å²) in [7, 11) is 1.69. The Balaban J connectivity index is 2.14. The molecule has 0 heterocycles. The Kier molecular flexibility index (Phi) is 4.33. The van der Waals surface area contributed by atoms with E-state index in [2.05, 4.69) is 0 Å². The molecule has 1 N–H and O–H groups in total. The van der Waals surface area contributed by atoms with Crippen LogP contribution in [-0.2, 0) is 14.3 Å². The molecule has 0 aromatic rings. The third kappa shape index (κ3) is 4.49. The molecule has 0 aliphatic heterocycles. The fourth-order valence-electron chi connectivity index (χ4n) is 1.58. The number of carboxylic acids is 1. The van der Waals surface area contributed by atoms with Gasteiger partial charge in [0.2, 0.25) is 0 Å². The molecule has 1 aliphatic carbocycles. The quantitative estimate of drug-likeness (QED) is 0.648. The molecule has 1 rings (SSSR count). The number of carboxylic acid groups (broad SMARTS) is 1. The molecule has 4 heteroatoms. The van der Waals surface area contributed by atoms with Crippen molar-refractivity contribution in [1.29, 1.82) is 0 Å². The van der Waals surface area contributed by atoms with Crippen molar-refractivity contribution in [3.8, 4) is 0 Å². The fourth-order valence-corrected chi connectivity index (χ4v) is 1.58. The van der Waals surface area contributed by atoms with Crippen molar-refractivity contribution < 1.29 is 19.4 Å². The van der Waals surface area contributed by atoms with E-state index < -0.39 is 5.97 Å². The molecule has 1 aliphatic rings. The van der Waals surface area contributed by atoms with Gasteiger partial charge in [-0.2, -0.15) is 0 Å². The predicted molar refractivity (Wildman–Crippen MR) is 60.4 cm³/mol. The monoisotopic (exact) mass is 230 g/mol. The van der Waals surface area contributed by atoms with Gasteiger partial charge in [0.1, 0.15) is 0 Å². The maximum absolute atomic E-state index is 10.6. The number of hydrogen-bond donors (Lipinski definition) is 1. The third-order valence-corrected chi connectivity index (χ3v) is 3.29. The lowest BCUT2D eigenvalue weighted by molar-refractivity contribution is -0.139. The summed E-state index contributed by atoms with van der Waals surface area (Å²) in [6, 6.07) is 0. The lowest BCUT2D eigenvalue weighted by Crippen LogP contribution is -2.25. The summed E-state index contributed by atoms with van der Waals surface area (Å²) in [5.41, 5.74) is -0.230. The number of methoxy groups -OCH3 is 1. The van der Waals surface area contributed by atoms with Crippen LogP contribution in [0, 0.1) is 5.41 Å². The smallest absolute Gasteiger partial charge is 0.303 e. The van der Waals surface area contributed by atoms with E-state index in [0.717, 1.165) is 19.3 Å². The van der Waals surface area contributed by atoms with Crippen LogP contribution in [0.3, 0.4) is 0 Å². The summed E-state index contributed by atoms with van der Waals surface area (Å²) in [5, 5.41) is 8.74. The standard InChI is InChI=1S/C12H22O4/c1-11(2,15-3)6-7-16-9-12(4-5-12)8-10(13)14/h4-9H2,1-3H3,(H,13,14). The van der Waals surface area contributed by atoms with E-state index in [-0.39, 0.29) is 17.4 Å². The minimum Gasteiger partial charge on any atom is -0.481 e. The first-order valence-corrected chi connectivity index (χ1v) is 5.74. The summed E-state index contributed by atoms with van der Waals surface area (Å²) >= 11 is 0. The number of ether oxygens (including phenoxy) is 2. The molecule has 0 amide bonds. The van der Waals surface area contributed by atoms with Gasteiger partial charge >= 0.3 is 5.97 Å². The molecule has 1 saturated carbocycles. The van der Waals surface area contributed by atoms with Gasteiger partial charge in [-0.1, -0.05) is 0 Å². The average Bonchev–Trinajstić information content (AvgIpc) is 2.92. The highest BCUT2D eigenvalue weighted by Crippen LogP contribution is 2.48. The highest BCUT2D eigenvalue weighted by molar-refractivity contribution is 5.68. The van der Waals surface area contributed by atoms with Gasteiger partial charge in [-0.15, -0.1) is 0 Å². The number of hydrogen-bond acceptors (Lipinski definition) is 3. The zero-order valence-corrected chi connectivity index (χ0v) is 10.4. The van der Waals surface area contributed by atoms with Crippen molar-refractivity contribution in [3.63, 3.8) is 0 Å². The van der Waals surface area contributed by atoms with E-state index in [9.17, 15) is 4.79 Å². The van der Waals surface area contributed by atoms with Gasteiger partial charge in [0.05, 0.1) is 18.6 Å². The maximum atomic E-state index is 10.6. The Morgan fingerprint density at radius 2 is 2.06 bits per heavy atom. The molecular formula is C12H22O4. The van der Waals surface area contributed by atoms with Gasteiger partial charge < -0.3 is 14.6 Å². The minimum atomic E-state index is -0.724. The van der Waals surface area contributed by atoms with Gasteiger partial charge in [-0.3, -0.25) is 4.79 Å². The highest BCUT2D eigenvalue weighted by Gasteiger charge is 2.44. The molecule has 4 nitrogen and oxygen atoms in total. The topological polar surface area (TPSA) is 55.8 Å². The highest BCUT2D eigenvalue weighted by atomic mass is 16.5. The second-order valence-corrected chi connectivity index (χ2v) is 5.34. The number of carbonyl (C=O) groups is 1. The van der Waals surface area contributed by atoms with E-state index in [0.29, 0.717) is 13.2 Å².